The van der Waals surface area contributed by atoms with E-state index < -0.39 is 6.10 Å². The summed E-state index contributed by atoms with van der Waals surface area (Å²) in [6.07, 6.45) is -0.848. The molecule has 6 nitrogen and oxygen atoms in total. The lowest BCUT2D eigenvalue weighted by molar-refractivity contribution is 0.114. The summed E-state index contributed by atoms with van der Waals surface area (Å²) in [4.78, 5) is 4.13. The molecule has 0 bridgehead atoms. The van der Waals surface area contributed by atoms with E-state index >= 15 is 0 Å². The van der Waals surface area contributed by atoms with Crippen molar-refractivity contribution in [2.45, 2.75) is 12.7 Å². The number of ether oxygens (including phenoxy) is 2. The van der Waals surface area contributed by atoms with Gasteiger partial charge in [0.2, 0.25) is 0 Å². The lowest BCUT2D eigenvalue weighted by Crippen LogP contribution is -2.27. The number of guanidine groups is 1. The first-order chi connectivity index (χ1) is 12.5. The van der Waals surface area contributed by atoms with E-state index in [1.165, 1.54) is 0 Å². The second-order valence-corrected chi connectivity index (χ2v) is 6.24. The van der Waals surface area contributed by atoms with Gasteiger partial charge < -0.3 is 25.6 Å². The molecule has 0 aromatic heterocycles. The molecule has 26 heavy (non-hydrogen) atoms. The predicted molar refractivity (Wildman–Crippen MR) is 105 cm³/mol. The monoisotopic (exact) mass is 397 g/mol. The number of nitrogens with zero attached hydrogens (tertiary/aromatic N) is 1. The molecule has 0 heterocycles. The number of aliphatic hydroxyl groups is 1. The number of hydrogen-bond donors (Lipinski definition) is 3. The summed E-state index contributed by atoms with van der Waals surface area (Å²) < 4.78 is 10.6. The average Bonchev–Trinajstić information content (AvgIpc) is 2.63. The lowest BCUT2D eigenvalue weighted by Gasteiger charge is -2.13. The fraction of sp³-hybridized carbons (Fsp3) is 0.278. The average molecular weight is 398 g/mol. The van der Waals surface area contributed by atoms with Gasteiger partial charge in [0.25, 0.3) is 0 Å². The van der Waals surface area contributed by atoms with Crippen LogP contribution in [-0.2, 0) is 11.3 Å². The van der Waals surface area contributed by atoms with Gasteiger partial charge in [-0.15, -0.1) is 0 Å². The van der Waals surface area contributed by atoms with Crippen molar-refractivity contribution in [1.29, 1.82) is 0 Å². The molecule has 0 aliphatic heterocycles. The molecule has 1 atom stereocenters. The fourth-order valence-corrected chi connectivity index (χ4v) is 2.49. The van der Waals surface area contributed by atoms with Crippen molar-refractivity contribution in [3.8, 4) is 5.75 Å². The third-order valence-electron chi connectivity index (χ3n) is 3.40. The number of methoxy groups -OCH3 is 1. The van der Waals surface area contributed by atoms with Gasteiger partial charge in [-0.3, -0.25) is 4.99 Å². The molecule has 0 aliphatic rings. The van der Waals surface area contributed by atoms with Crippen molar-refractivity contribution in [3.63, 3.8) is 0 Å². The summed E-state index contributed by atoms with van der Waals surface area (Å²) in [6, 6.07) is 12.6. The molecule has 0 spiro atoms. The number of halogens is 2. The summed E-state index contributed by atoms with van der Waals surface area (Å²) in [5.74, 6) is 0.593. The van der Waals surface area contributed by atoms with E-state index in [0.29, 0.717) is 22.4 Å². The van der Waals surface area contributed by atoms with Crippen LogP contribution in [0.1, 0.15) is 5.56 Å². The van der Waals surface area contributed by atoms with E-state index in [0.717, 1.165) is 11.3 Å². The maximum absolute atomic E-state index is 10.0. The second-order valence-electron chi connectivity index (χ2n) is 5.46. The Morgan fingerprint density at radius 1 is 1.23 bits per heavy atom. The third-order valence-corrected chi connectivity index (χ3v) is 4.20. The van der Waals surface area contributed by atoms with Crippen LogP contribution in [0.25, 0.3) is 0 Å². The van der Waals surface area contributed by atoms with Gasteiger partial charge in [0.05, 0.1) is 18.2 Å². The number of nitrogens with one attached hydrogen (secondary N) is 1. The Balaban J connectivity index is 1.87. The van der Waals surface area contributed by atoms with Crippen LogP contribution in [0.5, 0.6) is 5.75 Å². The summed E-state index contributed by atoms with van der Waals surface area (Å²) >= 11 is 11.9. The van der Waals surface area contributed by atoms with Crippen LogP contribution in [0, 0.1) is 0 Å². The third kappa shape index (κ3) is 6.07. The molecule has 1 unspecified atom stereocenters. The topological polar surface area (TPSA) is 89.1 Å². The molecular weight excluding hydrogens is 377 g/mol. The number of hydrogen-bond acceptors (Lipinski definition) is 4. The maximum Gasteiger partial charge on any atom is 0.193 e. The molecule has 4 N–H and O–H groups in total. The molecule has 0 amide bonds. The van der Waals surface area contributed by atoms with Crippen LogP contribution in [0.15, 0.2) is 47.5 Å². The molecule has 8 heteroatoms. The van der Waals surface area contributed by atoms with Gasteiger partial charge in [-0.05, 0) is 18.2 Å². The highest BCUT2D eigenvalue weighted by Crippen LogP contribution is 2.31. The Kier molecular flexibility index (Phi) is 8.00. The molecule has 0 radical (unpaired) electrons. The smallest absolute Gasteiger partial charge is 0.193 e. The largest absolute Gasteiger partial charge is 0.489 e. The van der Waals surface area contributed by atoms with Gasteiger partial charge in [0.1, 0.15) is 23.5 Å². The quantitative estimate of drug-likeness (QED) is 0.469. The van der Waals surface area contributed by atoms with E-state index in [2.05, 4.69) is 10.3 Å². The summed E-state index contributed by atoms with van der Waals surface area (Å²) in [5.41, 5.74) is 7.63. The zero-order valence-electron chi connectivity index (χ0n) is 14.3. The summed E-state index contributed by atoms with van der Waals surface area (Å²) in [6.45, 7) is 0.536. The van der Waals surface area contributed by atoms with E-state index in [1.54, 1.807) is 25.3 Å². The van der Waals surface area contributed by atoms with E-state index in [-0.39, 0.29) is 19.1 Å². The Labute approximate surface area is 162 Å². The normalized spacial score (nSPS) is 12.7. The highest BCUT2D eigenvalue weighted by atomic mass is 35.5. The Hall–Kier alpha value is -1.99. The number of nitrogens with two attached hydrogens (primary N) is 1. The zero-order valence-corrected chi connectivity index (χ0v) is 15.8. The molecule has 2 aromatic rings. The number of para-hydroxylation sites is 1. The van der Waals surface area contributed by atoms with Crippen LogP contribution < -0.4 is 15.8 Å². The van der Waals surface area contributed by atoms with Crippen LogP contribution in [0.2, 0.25) is 10.0 Å². The molecule has 2 aromatic carbocycles. The van der Waals surface area contributed by atoms with Crippen molar-refractivity contribution >= 4 is 34.8 Å². The zero-order chi connectivity index (χ0) is 18.9. The minimum atomic E-state index is -0.848. The standard InChI is InChI=1S/C18H21Cl2N3O3/c1-25-10-12-5-2-3-7-15(12)23-18(21)22-9-13(24)11-26-16-8-4-6-14(19)17(16)20/h2-8,13,24H,9-11H2,1H3,(H3,21,22,23). The molecule has 2 rings (SSSR count). The molecule has 0 saturated carbocycles. The van der Waals surface area contributed by atoms with E-state index in [4.69, 9.17) is 38.4 Å². The Morgan fingerprint density at radius 2 is 2.00 bits per heavy atom. The molecule has 0 fully saturated rings. The van der Waals surface area contributed by atoms with Gasteiger partial charge in [-0.25, -0.2) is 0 Å². The van der Waals surface area contributed by atoms with Crippen LogP contribution in [0.4, 0.5) is 5.69 Å². The predicted octanol–water partition coefficient (Wildman–Crippen LogP) is 3.31. The fourth-order valence-electron chi connectivity index (χ4n) is 2.14. The van der Waals surface area contributed by atoms with Gasteiger partial charge >= 0.3 is 0 Å². The second kappa shape index (κ2) is 10.2. The van der Waals surface area contributed by atoms with Crippen molar-refractivity contribution in [2.24, 2.45) is 10.7 Å². The molecule has 0 aliphatic carbocycles. The number of aliphatic imine (C=N–C) groups is 1. The van der Waals surface area contributed by atoms with Gasteiger partial charge in [-0.2, -0.15) is 0 Å². The molecule has 140 valence electrons. The molecular formula is C18H21Cl2N3O3. The minimum Gasteiger partial charge on any atom is -0.489 e. The minimum absolute atomic E-state index is 0.0110. The van der Waals surface area contributed by atoms with Gasteiger partial charge in [-0.1, -0.05) is 47.5 Å². The highest BCUT2D eigenvalue weighted by Gasteiger charge is 2.09. The number of benzene rings is 2. The van der Waals surface area contributed by atoms with Crippen LogP contribution in [0.3, 0.4) is 0 Å². The van der Waals surface area contributed by atoms with Gasteiger partial charge in [0, 0.05) is 18.4 Å². The Bertz CT molecular complexity index is 756. The summed E-state index contributed by atoms with van der Waals surface area (Å²) in [7, 11) is 1.62. The number of anilines is 1. The summed E-state index contributed by atoms with van der Waals surface area (Å²) in [5, 5.41) is 13.7. The van der Waals surface area contributed by atoms with Gasteiger partial charge in [0.15, 0.2) is 5.96 Å². The van der Waals surface area contributed by atoms with Crippen molar-refractivity contribution in [2.75, 3.05) is 25.6 Å². The maximum atomic E-state index is 10.0. The number of aliphatic hydroxyl groups excluding tert-OH is 1. The first kappa shape index (κ1) is 20.3. The SMILES string of the molecule is COCc1ccccc1NC(N)=NCC(O)COc1cccc(Cl)c1Cl. The van der Waals surface area contributed by atoms with E-state index in [9.17, 15) is 5.11 Å². The molecule has 0 saturated heterocycles. The van der Waals surface area contributed by atoms with Crippen molar-refractivity contribution in [1.82, 2.24) is 0 Å². The Morgan fingerprint density at radius 3 is 2.77 bits per heavy atom. The lowest BCUT2D eigenvalue weighted by atomic mass is 10.2. The number of rotatable bonds is 8. The van der Waals surface area contributed by atoms with Crippen molar-refractivity contribution in [3.05, 3.63) is 58.1 Å². The first-order valence-electron chi connectivity index (χ1n) is 7.90. The highest BCUT2D eigenvalue weighted by molar-refractivity contribution is 6.42. The van der Waals surface area contributed by atoms with Crippen LogP contribution >= 0.6 is 23.2 Å². The van der Waals surface area contributed by atoms with E-state index in [1.807, 2.05) is 24.3 Å². The van der Waals surface area contributed by atoms with Crippen LogP contribution in [-0.4, -0.2) is 37.4 Å². The first-order valence-corrected chi connectivity index (χ1v) is 8.65. The van der Waals surface area contributed by atoms with Crippen molar-refractivity contribution < 1.29 is 14.6 Å².